The summed E-state index contributed by atoms with van der Waals surface area (Å²) in [5.41, 5.74) is -0.253. The molecule has 2 N–H and O–H groups in total. The highest BCUT2D eigenvalue weighted by Crippen LogP contribution is 2.22. The molecule has 0 bridgehead atoms. The van der Waals surface area contributed by atoms with Gasteiger partial charge in [0, 0.05) is 30.5 Å². The normalized spacial score (nSPS) is 12.0. The van der Waals surface area contributed by atoms with Crippen molar-refractivity contribution in [3.8, 4) is 0 Å². The molecule has 1 heterocycles. The summed E-state index contributed by atoms with van der Waals surface area (Å²) in [5, 5.41) is 7.28. The second-order valence-electron chi connectivity index (χ2n) is 5.93. The predicted octanol–water partition coefficient (Wildman–Crippen LogP) is 2.57. The fourth-order valence-corrected chi connectivity index (χ4v) is 3.30. The van der Waals surface area contributed by atoms with E-state index in [1.165, 1.54) is 0 Å². The molecule has 0 spiro atoms. The van der Waals surface area contributed by atoms with Crippen LogP contribution in [-0.4, -0.2) is 43.9 Å². The molecule has 2 amide bonds. The molecule has 1 unspecified atom stereocenters. The Hall–Kier alpha value is -2.32. The monoisotopic (exact) mass is 381 g/mol. The van der Waals surface area contributed by atoms with Crippen molar-refractivity contribution in [1.82, 2.24) is 15.5 Å². The number of likely N-dealkylation sites (N-methyl/N-ethyl adjacent to an activating group) is 1. The first-order valence-corrected chi connectivity index (χ1v) is 8.96. The van der Waals surface area contributed by atoms with Gasteiger partial charge in [-0.3, -0.25) is 9.59 Å². The molecule has 0 aliphatic carbocycles. The number of nitrogens with one attached hydrogen (secondary N) is 2. The minimum Gasteiger partial charge on any atom is -0.354 e. The van der Waals surface area contributed by atoms with Crippen molar-refractivity contribution in [1.29, 1.82) is 0 Å². The smallest absolute Gasteiger partial charge is 0.254 e. The van der Waals surface area contributed by atoms with Crippen LogP contribution in [0.3, 0.4) is 0 Å². The molecule has 0 saturated carbocycles. The fourth-order valence-electron chi connectivity index (χ4n) is 2.38. The van der Waals surface area contributed by atoms with Crippen molar-refractivity contribution in [3.05, 3.63) is 57.8 Å². The van der Waals surface area contributed by atoms with Crippen LogP contribution in [0.25, 0.3) is 0 Å². The van der Waals surface area contributed by atoms with E-state index in [-0.39, 0.29) is 30.5 Å². The van der Waals surface area contributed by atoms with Crippen molar-refractivity contribution < 1.29 is 18.4 Å². The van der Waals surface area contributed by atoms with Crippen LogP contribution in [-0.2, 0) is 4.79 Å². The molecule has 5 nitrogen and oxygen atoms in total. The van der Waals surface area contributed by atoms with Gasteiger partial charge in [-0.1, -0.05) is 6.07 Å². The second-order valence-corrected chi connectivity index (χ2v) is 6.91. The Bertz CT molecular complexity index is 751. The molecular formula is C18H21F2N3O2S. The number of amides is 2. The molecule has 2 aromatic rings. The summed E-state index contributed by atoms with van der Waals surface area (Å²) in [7, 11) is 3.88. The summed E-state index contributed by atoms with van der Waals surface area (Å²) < 4.78 is 26.4. The minimum absolute atomic E-state index is 0.0626. The van der Waals surface area contributed by atoms with Gasteiger partial charge in [-0.05, 0) is 37.7 Å². The molecule has 26 heavy (non-hydrogen) atoms. The van der Waals surface area contributed by atoms with E-state index < -0.39 is 17.5 Å². The number of halogens is 2. The van der Waals surface area contributed by atoms with Gasteiger partial charge in [0.15, 0.2) is 0 Å². The van der Waals surface area contributed by atoms with Crippen molar-refractivity contribution in [2.75, 3.05) is 27.2 Å². The van der Waals surface area contributed by atoms with E-state index in [1.54, 1.807) is 11.3 Å². The Kier molecular flexibility index (Phi) is 7.23. The van der Waals surface area contributed by atoms with Crippen LogP contribution in [0.2, 0.25) is 0 Å². The maximum atomic E-state index is 13.5. The molecule has 0 radical (unpaired) electrons. The van der Waals surface area contributed by atoms with Crippen LogP contribution in [0.1, 0.15) is 27.7 Å². The Labute approximate surface area is 155 Å². The highest BCUT2D eigenvalue weighted by atomic mass is 32.1. The molecule has 8 heteroatoms. The molecule has 0 saturated heterocycles. The van der Waals surface area contributed by atoms with Crippen molar-refractivity contribution >= 4 is 23.2 Å². The van der Waals surface area contributed by atoms with Gasteiger partial charge in [0.05, 0.1) is 11.6 Å². The van der Waals surface area contributed by atoms with Crippen LogP contribution in [0.5, 0.6) is 0 Å². The third-order valence-corrected chi connectivity index (χ3v) is 4.77. The first-order chi connectivity index (χ1) is 12.4. The SMILES string of the molecule is CN(C)C(CNC(=O)CCNC(=O)c1ccc(F)cc1F)c1cccs1. The lowest BCUT2D eigenvalue weighted by Gasteiger charge is -2.23. The Balaban J connectivity index is 1.77. The number of carbonyl (C=O) groups excluding carboxylic acids is 2. The first-order valence-electron chi connectivity index (χ1n) is 8.08. The standard InChI is InChI=1S/C18H21F2N3O2S/c1-23(2)15(16-4-3-9-26-16)11-22-17(24)7-8-21-18(25)13-6-5-12(19)10-14(13)20/h3-6,9-10,15H,7-8,11H2,1-2H3,(H,21,25)(H,22,24). The number of thiophene rings is 1. The van der Waals surface area contributed by atoms with Gasteiger partial charge in [-0.15, -0.1) is 11.3 Å². The minimum atomic E-state index is -0.934. The van der Waals surface area contributed by atoms with Gasteiger partial charge in [0.1, 0.15) is 11.6 Å². The molecule has 2 rings (SSSR count). The Morgan fingerprint density at radius 1 is 1.19 bits per heavy atom. The van der Waals surface area contributed by atoms with Crippen molar-refractivity contribution in [3.63, 3.8) is 0 Å². The molecule has 0 aliphatic rings. The summed E-state index contributed by atoms with van der Waals surface area (Å²) in [4.78, 5) is 27.0. The van der Waals surface area contributed by atoms with Gasteiger partial charge in [-0.2, -0.15) is 0 Å². The van der Waals surface area contributed by atoms with E-state index in [1.807, 2.05) is 36.5 Å². The highest BCUT2D eigenvalue weighted by Gasteiger charge is 2.16. The van der Waals surface area contributed by atoms with E-state index in [0.717, 1.165) is 17.0 Å². The number of hydrogen-bond acceptors (Lipinski definition) is 4. The Morgan fingerprint density at radius 3 is 2.58 bits per heavy atom. The number of rotatable bonds is 8. The summed E-state index contributed by atoms with van der Waals surface area (Å²) in [6.07, 6.45) is 0.0686. The molecule has 0 aliphatic heterocycles. The van der Waals surface area contributed by atoms with Crippen LogP contribution in [0.4, 0.5) is 8.78 Å². The van der Waals surface area contributed by atoms with Gasteiger partial charge in [-0.25, -0.2) is 8.78 Å². The molecule has 140 valence electrons. The topological polar surface area (TPSA) is 61.4 Å². The third kappa shape index (κ3) is 5.60. The van der Waals surface area contributed by atoms with E-state index in [9.17, 15) is 18.4 Å². The zero-order chi connectivity index (χ0) is 19.1. The fraction of sp³-hybridized carbons (Fsp3) is 0.333. The summed E-state index contributed by atoms with van der Waals surface area (Å²) in [5.74, 6) is -2.58. The van der Waals surface area contributed by atoms with Gasteiger partial charge in [0.2, 0.25) is 5.91 Å². The first kappa shape index (κ1) is 20.0. The molecule has 0 fully saturated rings. The van der Waals surface area contributed by atoms with Crippen LogP contribution in [0, 0.1) is 11.6 Å². The molecular weight excluding hydrogens is 360 g/mol. The largest absolute Gasteiger partial charge is 0.354 e. The number of benzene rings is 1. The lowest BCUT2D eigenvalue weighted by atomic mass is 10.2. The van der Waals surface area contributed by atoms with Gasteiger partial charge < -0.3 is 15.5 Å². The third-order valence-electron chi connectivity index (χ3n) is 3.80. The second kappa shape index (κ2) is 9.40. The summed E-state index contributed by atoms with van der Waals surface area (Å²) in [6.45, 7) is 0.514. The van der Waals surface area contributed by atoms with E-state index >= 15 is 0 Å². The highest BCUT2D eigenvalue weighted by molar-refractivity contribution is 7.10. The quantitative estimate of drug-likeness (QED) is 0.739. The lowest BCUT2D eigenvalue weighted by Crippen LogP contribution is -2.36. The van der Waals surface area contributed by atoms with Crippen molar-refractivity contribution in [2.45, 2.75) is 12.5 Å². The Morgan fingerprint density at radius 2 is 1.96 bits per heavy atom. The lowest BCUT2D eigenvalue weighted by molar-refractivity contribution is -0.121. The average Bonchev–Trinajstić information content (AvgIpc) is 3.08. The molecule has 1 atom stereocenters. The number of carbonyl (C=O) groups is 2. The van der Waals surface area contributed by atoms with E-state index in [2.05, 4.69) is 10.6 Å². The summed E-state index contributed by atoms with van der Waals surface area (Å²) >= 11 is 1.62. The average molecular weight is 381 g/mol. The van der Waals surface area contributed by atoms with E-state index in [4.69, 9.17) is 0 Å². The van der Waals surface area contributed by atoms with Gasteiger partial charge >= 0.3 is 0 Å². The maximum Gasteiger partial charge on any atom is 0.254 e. The van der Waals surface area contributed by atoms with Crippen LogP contribution < -0.4 is 10.6 Å². The molecule has 1 aromatic heterocycles. The zero-order valence-electron chi connectivity index (χ0n) is 14.6. The number of nitrogens with zero attached hydrogens (tertiary/aromatic N) is 1. The number of hydrogen-bond donors (Lipinski definition) is 2. The van der Waals surface area contributed by atoms with Crippen molar-refractivity contribution in [2.24, 2.45) is 0 Å². The van der Waals surface area contributed by atoms with Crippen LogP contribution in [0.15, 0.2) is 35.7 Å². The molecule has 1 aromatic carbocycles. The van der Waals surface area contributed by atoms with Gasteiger partial charge in [0.25, 0.3) is 5.91 Å². The zero-order valence-corrected chi connectivity index (χ0v) is 15.4. The summed E-state index contributed by atoms with van der Waals surface area (Å²) in [6, 6.07) is 6.77. The predicted molar refractivity (Wildman–Crippen MR) is 97.1 cm³/mol. The van der Waals surface area contributed by atoms with Crippen LogP contribution >= 0.6 is 11.3 Å². The van der Waals surface area contributed by atoms with E-state index in [0.29, 0.717) is 12.6 Å². The maximum absolute atomic E-state index is 13.5.